The van der Waals surface area contributed by atoms with Gasteiger partial charge in [-0.2, -0.15) is 0 Å². The molecule has 0 aliphatic carbocycles. The molecule has 0 saturated carbocycles. The van der Waals surface area contributed by atoms with Gasteiger partial charge in [-0.25, -0.2) is 0 Å². The molecule has 1 aliphatic rings. The van der Waals surface area contributed by atoms with Crippen molar-refractivity contribution in [2.24, 2.45) is 0 Å². The van der Waals surface area contributed by atoms with Crippen LogP contribution in [0.5, 0.6) is 0 Å². The van der Waals surface area contributed by atoms with E-state index in [2.05, 4.69) is 0 Å². The van der Waals surface area contributed by atoms with Crippen molar-refractivity contribution < 1.29 is 14.4 Å². The SMILES string of the molecule is CC(C)(O)c1cc(Cl)ccc1B1OC(C)(C)C(C)(C)O1. The van der Waals surface area contributed by atoms with Gasteiger partial charge >= 0.3 is 7.12 Å². The first-order valence-electron chi connectivity index (χ1n) is 6.82. The van der Waals surface area contributed by atoms with E-state index in [1.807, 2.05) is 33.8 Å². The first-order valence-corrected chi connectivity index (χ1v) is 7.20. The molecule has 0 bridgehead atoms. The van der Waals surface area contributed by atoms with Gasteiger partial charge in [0.2, 0.25) is 0 Å². The molecule has 1 N–H and O–H groups in total. The van der Waals surface area contributed by atoms with Gasteiger partial charge in [-0.05, 0) is 64.7 Å². The number of aliphatic hydroxyl groups is 1. The van der Waals surface area contributed by atoms with Gasteiger partial charge in [0.05, 0.1) is 16.8 Å². The molecule has 1 saturated heterocycles. The summed E-state index contributed by atoms with van der Waals surface area (Å²) in [5.74, 6) is 0. The van der Waals surface area contributed by atoms with Crippen LogP contribution in [0.25, 0.3) is 0 Å². The van der Waals surface area contributed by atoms with Crippen molar-refractivity contribution in [3.8, 4) is 0 Å². The third kappa shape index (κ3) is 2.75. The van der Waals surface area contributed by atoms with Gasteiger partial charge in [-0.1, -0.05) is 17.7 Å². The van der Waals surface area contributed by atoms with Gasteiger partial charge in [0, 0.05) is 5.02 Å². The van der Waals surface area contributed by atoms with Crippen LogP contribution in [-0.2, 0) is 14.9 Å². The third-order valence-corrected chi connectivity index (χ3v) is 4.42. The second-order valence-corrected chi connectivity index (χ2v) is 7.32. The van der Waals surface area contributed by atoms with Crippen LogP contribution in [0.15, 0.2) is 18.2 Å². The normalized spacial score (nSPS) is 21.3. The maximum Gasteiger partial charge on any atom is 0.495 e. The molecule has 0 unspecified atom stereocenters. The monoisotopic (exact) mass is 296 g/mol. The molecule has 0 aromatic heterocycles. The van der Waals surface area contributed by atoms with E-state index in [9.17, 15) is 5.11 Å². The zero-order valence-corrected chi connectivity index (χ0v) is 13.7. The highest BCUT2D eigenvalue weighted by Crippen LogP contribution is 2.37. The molecule has 0 atom stereocenters. The lowest BCUT2D eigenvalue weighted by Gasteiger charge is -2.32. The Kier molecular flexibility index (Phi) is 3.75. The fraction of sp³-hybridized carbons (Fsp3) is 0.600. The highest BCUT2D eigenvalue weighted by molar-refractivity contribution is 6.62. The largest absolute Gasteiger partial charge is 0.495 e. The second-order valence-electron chi connectivity index (χ2n) is 6.88. The minimum Gasteiger partial charge on any atom is -0.399 e. The van der Waals surface area contributed by atoms with E-state index in [0.717, 1.165) is 11.0 Å². The van der Waals surface area contributed by atoms with E-state index < -0.39 is 23.9 Å². The van der Waals surface area contributed by atoms with E-state index in [1.165, 1.54) is 0 Å². The summed E-state index contributed by atoms with van der Waals surface area (Å²) in [7, 11) is -0.501. The molecule has 1 fully saturated rings. The Hall–Kier alpha value is -0.545. The summed E-state index contributed by atoms with van der Waals surface area (Å²) in [5, 5.41) is 10.9. The molecule has 5 heteroatoms. The molecule has 3 nitrogen and oxygen atoms in total. The van der Waals surface area contributed by atoms with Gasteiger partial charge in [0.15, 0.2) is 0 Å². The lowest BCUT2D eigenvalue weighted by Crippen LogP contribution is -2.41. The zero-order chi connectivity index (χ0) is 15.3. The summed E-state index contributed by atoms with van der Waals surface area (Å²) in [6.45, 7) is 11.5. The second kappa shape index (κ2) is 4.74. The minimum atomic E-state index is -1.01. The highest BCUT2D eigenvalue weighted by atomic mass is 35.5. The molecule has 20 heavy (non-hydrogen) atoms. The first kappa shape index (κ1) is 15.8. The van der Waals surface area contributed by atoms with Crippen molar-refractivity contribution in [1.82, 2.24) is 0 Å². The van der Waals surface area contributed by atoms with E-state index in [-0.39, 0.29) is 0 Å². The molecule has 1 heterocycles. The quantitative estimate of drug-likeness (QED) is 0.853. The van der Waals surface area contributed by atoms with Crippen LogP contribution in [0, 0.1) is 0 Å². The summed E-state index contributed by atoms with van der Waals surface area (Å²) < 4.78 is 12.1. The van der Waals surface area contributed by atoms with Gasteiger partial charge < -0.3 is 14.4 Å². The number of hydrogen-bond donors (Lipinski definition) is 1. The zero-order valence-electron chi connectivity index (χ0n) is 13.0. The maximum atomic E-state index is 10.3. The Balaban J connectivity index is 2.46. The van der Waals surface area contributed by atoms with Crippen LogP contribution >= 0.6 is 11.6 Å². The molecule has 110 valence electrons. The van der Waals surface area contributed by atoms with Crippen molar-refractivity contribution in [2.45, 2.75) is 58.3 Å². The standard InChI is InChI=1S/C15H22BClO3/c1-13(2,18)11-9-10(17)7-8-12(11)16-19-14(3,4)15(5,6)20-16/h7-9,18H,1-6H3. The topological polar surface area (TPSA) is 38.7 Å². The van der Waals surface area contributed by atoms with Crippen molar-refractivity contribution >= 4 is 24.2 Å². The van der Waals surface area contributed by atoms with Crippen molar-refractivity contribution in [1.29, 1.82) is 0 Å². The third-order valence-electron chi connectivity index (χ3n) is 4.18. The van der Waals surface area contributed by atoms with Crippen molar-refractivity contribution in [2.75, 3.05) is 0 Å². The van der Waals surface area contributed by atoms with Crippen LogP contribution in [0.1, 0.15) is 47.1 Å². The Bertz CT molecular complexity index is 504. The average Bonchev–Trinajstić information content (AvgIpc) is 2.46. The van der Waals surface area contributed by atoms with Crippen molar-refractivity contribution in [3.63, 3.8) is 0 Å². The number of hydrogen-bond acceptors (Lipinski definition) is 3. The van der Waals surface area contributed by atoms with Gasteiger partial charge in [0.1, 0.15) is 0 Å². The summed E-state index contributed by atoms with van der Waals surface area (Å²) in [5.41, 5.74) is -0.282. The predicted molar refractivity (Wildman–Crippen MR) is 82.4 cm³/mol. The molecule has 0 radical (unpaired) electrons. The van der Waals surface area contributed by atoms with Gasteiger partial charge in [-0.3, -0.25) is 0 Å². The van der Waals surface area contributed by atoms with Crippen LogP contribution < -0.4 is 5.46 Å². The lowest BCUT2D eigenvalue weighted by atomic mass is 9.72. The summed E-state index contributed by atoms with van der Waals surface area (Å²) >= 11 is 6.05. The molecule has 1 aromatic rings. The van der Waals surface area contributed by atoms with Crippen LogP contribution in [-0.4, -0.2) is 23.4 Å². The van der Waals surface area contributed by atoms with E-state index in [0.29, 0.717) is 5.02 Å². The van der Waals surface area contributed by atoms with Gasteiger partial charge in [-0.15, -0.1) is 0 Å². The minimum absolute atomic E-state index is 0.409. The Morgan fingerprint density at radius 2 is 1.60 bits per heavy atom. The smallest absolute Gasteiger partial charge is 0.399 e. The fourth-order valence-electron chi connectivity index (χ4n) is 2.23. The van der Waals surface area contributed by atoms with Crippen LogP contribution in [0.3, 0.4) is 0 Å². The number of benzene rings is 1. The molecule has 1 aromatic carbocycles. The van der Waals surface area contributed by atoms with E-state index in [1.54, 1.807) is 26.0 Å². The Morgan fingerprint density at radius 1 is 1.10 bits per heavy atom. The molecular formula is C15H22BClO3. The Labute approximate surface area is 126 Å². The number of rotatable bonds is 2. The highest BCUT2D eigenvalue weighted by Gasteiger charge is 2.52. The fourth-order valence-corrected chi connectivity index (χ4v) is 2.41. The van der Waals surface area contributed by atoms with E-state index in [4.69, 9.17) is 20.9 Å². The molecule has 0 amide bonds. The molecular weight excluding hydrogens is 274 g/mol. The molecule has 0 spiro atoms. The molecule has 2 rings (SSSR count). The van der Waals surface area contributed by atoms with Crippen LogP contribution in [0.2, 0.25) is 5.02 Å². The average molecular weight is 297 g/mol. The number of halogens is 1. The summed E-state index contributed by atoms with van der Waals surface area (Å²) in [4.78, 5) is 0. The molecule has 1 aliphatic heterocycles. The lowest BCUT2D eigenvalue weighted by molar-refractivity contribution is 0.00578. The Morgan fingerprint density at radius 3 is 2.05 bits per heavy atom. The predicted octanol–water partition coefficient (Wildman–Crippen LogP) is 2.87. The summed E-state index contributed by atoms with van der Waals surface area (Å²) in [6, 6.07) is 5.41. The maximum absolute atomic E-state index is 10.3. The van der Waals surface area contributed by atoms with E-state index >= 15 is 0 Å². The summed E-state index contributed by atoms with van der Waals surface area (Å²) in [6.07, 6.45) is 0. The van der Waals surface area contributed by atoms with Crippen molar-refractivity contribution in [3.05, 3.63) is 28.8 Å². The van der Waals surface area contributed by atoms with Gasteiger partial charge in [0.25, 0.3) is 0 Å². The first-order chi connectivity index (χ1) is 8.94. The van der Waals surface area contributed by atoms with Crippen LogP contribution in [0.4, 0.5) is 0 Å².